The second kappa shape index (κ2) is 6.48. The monoisotopic (exact) mass is 422 g/mol. The molecule has 3 atom stereocenters. The summed E-state index contributed by atoms with van der Waals surface area (Å²) < 4.78 is 6.73. The zero-order valence-electron chi connectivity index (χ0n) is 17.0. The molecule has 2 saturated carbocycles. The smallest absolute Gasteiger partial charge is 0.178 e. The molecular formula is C25H27ClN2O2. The second-order valence-corrected chi connectivity index (χ2v) is 9.86. The van der Waals surface area contributed by atoms with E-state index in [1.54, 1.807) is 12.1 Å². The van der Waals surface area contributed by atoms with E-state index in [1.165, 1.54) is 50.5 Å². The standard InChI is InChI=1S/C25H27ClN2O2/c26-16-11-12-20-19(14-16)25(29,23(27)28-20)18-9-5-8-17-22(18)30-21-10-3-4-13-24(17,21)15-6-1-2-7-15/h5,8-9,11-12,14-15,21,29H,1-4,6-7,10,13H2,(H2,27,28). The van der Waals surface area contributed by atoms with E-state index >= 15 is 0 Å². The van der Waals surface area contributed by atoms with Crippen molar-refractivity contribution in [2.24, 2.45) is 16.6 Å². The first-order chi connectivity index (χ1) is 14.5. The quantitative estimate of drug-likeness (QED) is 0.686. The molecule has 0 bridgehead atoms. The first-order valence-electron chi connectivity index (χ1n) is 11.2. The number of hydrogen-bond donors (Lipinski definition) is 2. The van der Waals surface area contributed by atoms with Crippen molar-refractivity contribution in [1.29, 1.82) is 0 Å². The number of fused-ring (bicyclic) bond motifs is 4. The fourth-order valence-electron chi connectivity index (χ4n) is 6.75. The number of aliphatic hydroxyl groups is 1. The van der Waals surface area contributed by atoms with Crippen molar-refractivity contribution in [2.45, 2.75) is 68.5 Å². The minimum absolute atomic E-state index is 0.0676. The molecule has 2 heterocycles. The number of nitrogens with two attached hydrogens (primary N) is 1. The van der Waals surface area contributed by atoms with Crippen LogP contribution in [0.2, 0.25) is 5.02 Å². The number of aliphatic imine (C=N–C) groups is 1. The Balaban J connectivity index is 1.56. The van der Waals surface area contributed by atoms with Crippen molar-refractivity contribution >= 4 is 23.1 Å². The number of nitrogens with zero attached hydrogens (tertiary/aromatic N) is 1. The molecule has 6 rings (SSSR count). The van der Waals surface area contributed by atoms with Crippen molar-refractivity contribution in [3.8, 4) is 5.75 Å². The van der Waals surface area contributed by atoms with Crippen molar-refractivity contribution in [3.63, 3.8) is 0 Å². The lowest BCUT2D eigenvalue weighted by atomic mass is 9.60. The van der Waals surface area contributed by atoms with Gasteiger partial charge in [0.05, 0.1) is 5.69 Å². The normalized spacial score (nSPS) is 32.3. The summed E-state index contributed by atoms with van der Waals surface area (Å²) in [7, 11) is 0. The lowest BCUT2D eigenvalue weighted by Crippen LogP contribution is -2.46. The van der Waals surface area contributed by atoms with E-state index in [0.29, 0.717) is 27.8 Å². The van der Waals surface area contributed by atoms with E-state index in [2.05, 4.69) is 17.1 Å². The molecule has 3 unspecified atom stereocenters. The topological polar surface area (TPSA) is 67.8 Å². The Hall–Kier alpha value is -2.04. The third-order valence-corrected chi connectivity index (χ3v) is 8.33. The van der Waals surface area contributed by atoms with Crippen LogP contribution in [0.3, 0.4) is 0 Å². The molecule has 2 aliphatic carbocycles. The summed E-state index contributed by atoms with van der Waals surface area (Å²) in [5.74, 6) is 1.66. The molecule has 0 amide bonds. The molecule has 2 aromatic carbocycles. The van der Waals surface area contributed by atoms with Gasteiger partial charge in [0.2, 0.25) is 0 Å². The Morgan fingerprint density at radius 1 is 1.00 bits per heavy atom. The number of hydrogen-bond acceptors (Lipinski definition) is 4. The molecule has 4 aliphatic rings. The van der Waals surface area contributed by atoms with Crippen molar-refractivity contribution in [2.75, 3.05) is 0 Å². The molecule has 156 valence electrons. The van der Waals surface area contributed by atoms with Crippen LogP contribution in [0.5, 0.6) is 5.75 Å². The summed E-state index contributed by atoms with van der Waals surface area (Å²) in [6.07, 6.45) is 10.0. The van der Waals surface area contributed by atoms with Gasteiger partial charge in [-0.1, -0.05) is 49.1 Å². The Morgan fingerprint density at radius 3 is 2.60 bits per heavy atom. The molecule has 2 aromatic rings. The minimum atomic E-state index is -1.52. The lowest BCUT2D eigenvalue weighted by molar-refractivity contribution is 0.0563. The molecule has 0 aromatic heterocycles. The zero-order chi connectivity index (χ0) is 20.5. The van der Waals surface area contributed by atoms with Gasteiger partial charge in [0.25, 0.3) is 0 Å². The number of benzene rings is 2. The summed E-state index contributed by atoms with van der Waals surface area (Å²) in [6.45, 7) is 0. The van der Waals surface area contributed by atoms with E-state index < -0.39 is 5.60 Å². The number of amidine groups is 1. The van der Waals surface area contributed by atoms with Gasteiger partial charge in [-0.3, -0.25) is 0 Å². The highest BCUT2D eigenvalue weighted by molar-refractivity contribution is 6.30. The number of para-hydroxylation sites is 1. The summed E-state index contributed by atoms with van der Waals surface area (Å²) in [5.41, 5.74) is 8.17. The van der Waals surface area contributed by atoms with Gasteiger partial charge in [0.15, 0.2) is 5.60 Å². The average molecular weight is 423 g/mol. The number of ether oxygens (including phenoxy) is 1. The zero-order valence-corrected chi connectivity index (χ0v) is 17.8. The summed E-state index contributed by atoms with van der Waals surface area (Å²) >= 11 is 6.28. The number of halogens is 1. The highest BCUT2D eigenvalue weighted by atomic mass is 35.5. The van der Waals surface area contributed by atoms with Gasteiger partial charge in [0.1, 0.15) is 17.7 Å². The lowest BCUT2D eigenvalue weighted by Gasteiger charge is -2.43. The fourth-order valence-corrected chi connectivity index (χ4v) is 6.92. The molecule has 30 heavy (non-hydrogen) atoms. The van der Waals surface area contributed by atoms with Gasteiger partial charge in [-0.15, -0.1) is 0 Å². The van der Waals surface area contributed by atoms with Gasteiger partial charge in [-0.2, -0.15) is 0 Å². The van der Waals surface area contributed by atoms with Crippen LogP contribution >= 0.6 is 11.6 Å². The summed E-state index contributed by atoms with van der Waals surface area (Å²) in [4.78, 5) is 4.46. The molecular weight excluding hydrogens is 396 g/mol. The van der Waals surface area contributed by atoms with Crippen LogP contribution < -0.4 is 10.5 Å². The molecule has 0 radical (unpaired) electrons. The van der Waals surface area contributed by atoms with Gasteiger partial charge >= 0.3 is 0 Å². The largest absolute Gasteiger partial charge is 0.489 e. The molecule has 2 fully saturated rings. The molecule has 0 saturated heterocycles. The van der Waals surface area contributed by atoms with Gasteiger partial charge in [-0.05, 0) is 56.2 Å². The maximum atomic E-state index is 12.0. The molecule has 3 N–H and O–H groups in total. The van der Waals surface area contributed by atoms with Crippen LogP contribution in [0.4, 0.5) is 5.69 Å². The SMILES string of the molecule is NC1=Nc2ccc(Cl)cc2C1(O)c1cccc2c1OC1CCCCC21C1CCCC1. The van der Waals surface area contributed by atoms with Crippen LogP contribution in [-0.2, 0) is 11.0 Å². The first kappa shape index (κ1) is 18.7. The Bertz CT molecular complexity index is 1060. The summed E-state index contributed by atoms with van der Waals surface area (Å²) in [5, 5.41) is 12.5. The Kier molecular flexibility index (Phi) is 4.04. The third kappa shape index (κ3) is 2.29. The van der Waals surface area contributed by atoms with Crippen molar-refractivity contribution < 1.29 is 9.84 Å². The van der Waals surface area contributed by atoms with Gasteiger partial charge < -0.3 is 15.6 Å². The van der Waals surface area contributed by atoms with E-state index in [0.717, 1.165) is 12.2 Å². The van der Waals surface area contributed by atoms with Gasteiger partial charge in [-0.25, -0.2) is 4.99 Å². The molecule has 0 spiro atoms. The maximum Gasteiger partial charge on any atom is 0.178 e. The highest BCUT2D eigenvalue weighted by Gasteiger charge is 2.57. The predicted octanol–water partition coefficient (Wildman–Crippen LogP) is 5.34. The Labute approximate surface area is 182 Å². The second-order valence-electron chi connectivity index (χ2n) is 9.43. The number of rotatable bonds is 2. The van der Waals surface area contributed by atoms with Crippen LogP contribution in [0.15, 0.2) is 41.4 Å². The van der Waals surface area contributed by atoms with Crippen LogP contribution in [0.25, 0.3) is 0 Å². The summed E-state index contributed by atoms with van der Waals surface area (Å²) in [6, 6.07) is 11.6. The maximum absolute atomic E-state index is 12.0. The fraction of sp³-hybridized carbons (Fsp3) is 0.480. The molecule has 5 heteroatoms. The van der Waals surface area contributed by atoms with Gasteiger partial charge in [0, 0.05) is 27.1 Å². The molecule has 4 nitrogen and oxygen atoms in total. The first-order valence-corrected chi connectivity index (χ1v) is 11.6. The van der Waals surface area contributed by atoms with E-state index in [1.807, 2.05) is 12.1 Å². The van der Waals surface area contributed by atoms with E-state index in [9.17, 15) is 5.11 Å². The molecule has 2 aliphatic heterocycles. The average Bonchev–Trinajstić information content (AvgIpc) is 3.45. The van der Waals surface area contributed by atoms with E-state index in [-0.39, 0.29) is 17.4 Å². The minimum Gasteiger partial charge on any atom is -0.489 e. The third-order valence-electron chi connectivity index (χ3n) is 8.09. The van der Waals surface area contributed by atoms with Crippen LogP contribution in [-0.4, -0.2) is 17.0 Å². The highest BCUT2D eigenvalue weighted by Crippen LogP contribution is 2.60. The van der Waals surface area contributed by atoms with Crippen molar-refractivity contribution in [1.82, 2.24) is 0 Å². The van der Waals surface area contributed by atoms with Crippen molar-refractivity contribution in [3.05, 3.63) is 58.1 Å². The van der Waals surface area contributed by atoms with Crippen LogP contribution in [0.1, 0.15) is 68.1 Å². The predicted molar refractivity (Wildman–Crippen MR) is 119 cm³/mol. The van der Waals surface area contributed by atoms with E-state index in [4.69, 9.17) is 22.1 Å². The Morgan fingerprint density at radius 2 is 1.77 bits per heavy atom. The van der Waals surface area contributed by atoms with Crippen LogP contribution in [0, 0.1) is 5.92 Å².